The fraction of sp³-hybridized carbons (Fsp3) is 0.200. The molecule has 0 fully saturated rings. The lowest BCUT2D eigenvalue weighted by Crippen LogP contribution is -2.30. The molecule has 21 heavy (non-hydrogen) atoms. The number of rotatable bonds is 4. The highest BCUT2D eigenvalue weighted by Crippen LogP contribution is 2.17. The van der Waals surface area contributed by atoms with E-state index in [4.69, 9.17) is 0 Å². The van der Waals surface area contributed by atoms with E-state index in [1.807, 2.05) is 6.92 Å². The molecular weight excluding hydrogens is 342 g/mol. The standard InChI is InChI=1S/C15H13BrF2N2O/c1-2-20(9-10-5-6-12(17)13(18)8-10)15(21)11-4-3-7-19-14(11)16/h3-8H,2,9H2,1H3. The maximum atomic E-state index is 13.2. The van der Waals surface area contributed by atoms with E-state index in [1.165, 1.54) is 11.0 Å². The summed E-state index contributed by atoms with van der Waals surface area (Å²) in [5, 5.41) is 0. The summed E-state index contributed by atoms with van der Waals surface area (Å²) in [5.74, 6) is -2.04. The van der Waals surface area contributed by atoms with Gasteiger partial charge in [-0.1, -0.05) is 6.07 Å². The van der Waals surface area contributed by atoms with Crippen LogP contribution >= 0.6 is 15.9 Å². The second-order valence-electron chi connectivity index (χ2n) is 4.41. The van der Waals surface area contributed by atoms with E-state index in [0.717, 1.165) is 12.1 Å². The van der Waals surface area contributed by atoms with E-state index in [9.17, 15) is 13.6 Å². The lowest BCUT2D eigenvalue weighted by molar-refractivity contribution is 0.0751. The molecule has 0 aliphatic rings. The van der Waals surface area contributed by atoms with Crippen molar-refractivity contribution in [1.29, 1.82) is 0 Å². The summed E-state index contributed by atoms with van der Waals surface area (Å²) >= 11 is 3.23. The van der Waals surface area contributed by atoms with Crippen molar-refractivity contribution in [3.05, 3.63) is 63.9 Å². The number of amides is 1. The molecule has 0 radical (unpaired) electrons. The number of carbonyl (C=O) groups is 1. The zero-order chi connectivity index (χ0) is 15.4. The van der Waals surface area contributed by atoms with Gasteiger partial charge < -0.3 is 4.90 Å². The fourth-order valence-corrected chi connectivity index (χ4v) is 2.32. The quantitative estimate of drug-likeness (QED) is 0.782. The van der Waals surface area contributed by atoms with Crippen molar-refractivity contribution >= 4 is 21.8 Å². The van der Waals surface area contributed by atoms with Gasteiger partial charge in [0.05, 0.1) is 5.56 Å². The highest BCUT2D eigenvalue weighted by Gasteiger charge is 2.18. The minimum Gasteiger partial charge on any atom is -0.335 e. The van der Waals surface area contributed by atoms with Crippen LogP contribution in [0.4, 0.5) is 8.78 Å². The predicted molar refractivity (Wildman–Crippen MR) is 78.7 cm³/mol. The first kappa shape index (κ1) is 15.6. The minimum absolute atomic E-state index is 0.202. The summed E-state index contributed by atoms with van der Waals surface area (Å²) in [6.07, 6.45) is 1.58. The SMILES string of the molecule is CCN(Cc1ccc(F)c(F)c1)C(=O)c1cccnc1Br. The molecule has 0 unspecified atom stereocenters. The molecule has 0 saturated heterocycles. The van der Waals surface area contributed by atoms with Crippen molar-refractivity contribution in [3.63, 3.8) is 0 Å². The Bertz CT molecular complexity index is 664. The Kier molecular flexibility index (Phi) is 5.01. The van der Waals surface area contributed by atoms with Crippen molar-refractivity contribution in [2.24, 2.45) is 0 Å². The molecule has 0 spiro atoms. The van der Waals surface area contributed by atoms with Gasteiger partial charge in [-0.2, -0.15) is 0 Å². The predicted octanol–water partition coefficient (Wildman–Crippen LogP) is 3.78. The first-order valence-electron chi connectivity index (χ1n) is 6.36. The van der Waals surface area contributed by atoms with E-state index < -0.39 is 11.6 Å². The number of pyridine rings is 1. The topological polar surface area (TPSA) is 33.2 Å². The van der Waals surface area contributed by atoms with E-state index >= 15 is 0 Å². The molecule has 1 aromatic heterocycles. The van der Waals surface area contributed by atoms with Crippen LogP contribution in [-0.2, 0) is 6.54 Å². The van der Waals surface area contributed by atoms with Gasteiger partial charge in [0.1, 0.15) is 4.60 Å². The average molecular weight is 355 g/mol. The normalized spacial score (nSPS) is 10.5. The molecule has 2 aromatic rings. The lowest BCUT2D eigenvalue weighted by atomic mass is 10.1. The van der Waals surface area contributed by atoms with Crippen LogP contribution < -0.4 is 0 Å². The zero-order valence-corrected chi connectivity index (χ0v) is 12.9. The second-order valence-corrected chi connectivity index (χ2v) is 5.16. The first-order chi connectivity index (χ1) is 10.0. The highest BCUT2D eigenvalue weighted by atomic mass is 79.9. The van der Waals surface area contributed by atoms with Crippen molar-refractivity contribution in [2.45, 2.75) is 13.5 Å². The average Bonchev–Trinajstić information content (AvgIpc) is 2.48. The molecule has 0 saturated carbocycles. The summed E-state index contributed by atoms with van der Waals surface area (Å²) < 4.78 is 26.6. The van der Waals surface area contributed by atoms with Crippen LogP contribution in [0.3, 0.4) is 0 Å². The van der Waals surface area contributed by atoms with Crippen LogP contribution in [0, 0.1) is 11.6 Å². The van der Waals surface area contributed by atoms with Gasteiger partial charge in [-0.05, 0) is 52.7 Å². The van der Waals surface area contributed by atoms with Crippen molar-refractivity contribution in [3.8, 4) is 0 Å². The molecular formula is C15H13BrF2N2O. The number of halogens is 3. The summed E-state index contributed by atoms with van der Waals surface area (Å²) in [6, 6.07) is 6.95. The minimum atomic E-state index is -0.918. The van der Waals surface area contributed by atoms with Crippen molar-refractivity contribution in [2.75, 3.05) is 6.54 Å². The van der Waals surface area contributed by atoms with Crippen LogP contribution in [0.5, 0.6) is 0 Å². The molecule has 0 atom stereocenters. The van der Waals surface area contributed by atoms with Gasteiger partial charge in [0, 0.05) is 19.3 Å². The smallest absolute Gasteiger partial charge is 0.256 e. The summed E-state index contributed by atoms with van der Waals surface area (Å²) in [6.45, 7) is 2.47. The monoisotopic (exact) mass is 354 g/mol. The third-order valence-electron chi connectivity index (χ3n) is 3.02. The Hall–Kier alpha value is -1.82. The van der Waals surface area contributed by atoms with Crippen molar-refractivity contribution in [1.82, 2.24) is 9.88 Å². The van der Waals surface area contributed by atoms with Crippen LogP contribution in [-0.4, -0.2) is 22.3 Å². The number of nitrogens with zero attached hydrogens (tertiary/aromatic N) is 2. The van der Waals surface area contributed by atoms with Gasteiger partial charge in [0.25, 0.3) is 5.91 Å². The third-order valence-corrected chi connectivity index (χ3v) is 3.65. The van der Waals surface area contributed by atoms with E-state index in [0.29, 0.717) is 22.3 Å². The van der Waals surface area contributed by atoms with Gasteiger partial charge in [-0.15, -0.1) is 0 Å². The maximum absolute atomic E-state index is 13.2. The van der Waals surface area contributed by atoms with E-state index in [1.54, 1.807) is 18.3 Å². The first-order valence-corrected chi connectivity index (χ1v) is 7.16. The third kappa shape index (κ3) is 3.64. The van der Waals surface area contributed by atoms with Crippen molar-refractivity contribution < 1.29 is 13.6 Å². The molecule has 0 bridgehead atoms. The Morgan fingerprint density at radius 2 is 2.05 bits per heavy atom. The largest absolute Gasteiger partial charge is 0.335 e. The van der Waals surface area contributed by atoms with Crippen LogP contribution in [0.15, 0.2) is 41.1 Å². The molecule has 0 aliphatic heterocycles. The summed E-state index contributed by atoms with van der Waals surface area (Å²) in [4.78, 5) is 18.0. The molecule has 3 nitrogen and oxygen atoms in total. The number of carbonyl (C=O) groups excluding carboxylic acids is 1. The van der Waals surface area contributed by atoms with Gasteiger partial charge in [0.2, 0.25) is 0 Å². The summed E-state index contributed by atoms with van der Waals surface area (Å²) in [7, 11) is 0. The number of hydrogen-bond donors (Lipinski definition) is 0. The highest BCUT2D eigenvalue weighted by molar-refractivity contribution is 9.10. The van der Waals surface area contributed by atoms with Gasteiger partial charge in [0.15, 0.2) is 11.6 Å². The molecule has 110 valence electrons. The Labute approximate surface area is 129 Å². The second kappa shape index (κ2) is 6.76. The molecule has 1 heterocycles. The van der Waals surface area contributed by atoms with E-state index in [-0.39, 0.29) is 12.5 Å². The maximum Gasteiger partial charge on any atom is 0.256 e. The van der Waals surface area contributed by atoms with Crippen LogP contribution in [0.25, 0.3) is 0 Å². The van der Waals surface area contributed by atoms with Crippen LogP contribution in [0.2, 0.25) is 0 Å². The van der Waals surface area contributed by atoms with Gasteiger partial charge in [-0.3, -0.25) is 4.79 Å². The molecule has 1 amide bonds. The summed E-state index contributed by atoms with van der Waals surface area (Å²) in [5.41, 5.74) is 0.964. The zero-order valence-electron chi connectivity index (χ0n) is 11.3. The number of benzene rings is 1. The fourth-order valence-electron chi connectivity index (χ4n) is 1.90. The Balaban J connectivity index is 2.21. The van der Waals surface area contributed by atoms with E-state index in [2.05, 4.69) is 20.9 Å². The molecule has 1 aromatic carbocycles. The van der Waals surface area contributed by atoms with Gasteiger partial charge in [-0.25, -0.2) is 13.8 Å². The Morgan fingerprint density at radius 3 is 2.67 bits per heavy atom. The Morgan fingerprint density at radius 1 is 1.29 bits per heavy atom. The lowest BCUT2D eigenvalue weighted by Gasteiger charge is -2.21. The van der Waals surface area contributed by atoms with Crippen LogP contribution in [0.1, 0.15) is 22.8 Å². The molecule has 2 rings (SSSR count). The molecule has 0 aliphatic carbocycles. The molecule has 6 heteroatoms. The number of hydrogen-bond acceptors (Lipinski definition) is 2. The van der Waals surface area contributed by atoms with Gasteiger partial charge >= 0.3 is 0 Å². The molecule has 0 N–H and O–H groups in total. The number of aromatic nitrogens is 1.